The third-order valence-corrected chi connectivity index (χ3v) is 6.88. The van der Waals surface area contributed by atoms with E-state index in [4.69, 9.17) is 4.74 Å². The highest BCUT2D eigenvalue weighted by molar-refractivity contribution is 7.86. The first-order chi connectivity index (χ1) is 11.1. The molecule has 0 spiro atoms. The number of rotatable bonds is 5. The van der Waals surface area contributed by atoms with Crippen molar-refractivity contribution >= 4 is 10.2 Å². The predicted molar refractivity (Wildman–Crippen MR) is 87.2 cm³/mol. The van der Waals surface area contributed by atoms with E-state index in [1.807, 2.05) is 17.8 Å². The smallest absolute Gasteiger partial charge is 0.282 e. The van der Waals surface area contributed by atoms with Crippen molar-refractivity contribution in [2.24, 2.45) is 7.05 Å². The van der Waals surface area contributed by atoms with Crippen LogP contribution in [0.3, 0.4) is 0 Å². The molecule has 0 bridgehead atoms. The van der Waals surface area contributed by atoms with Crippen molar-refractivity contribution < 1.29 is 13.2 Å². The Bertz CT molecular complexity index is 610. The zero-order chi connectivity index (χ0) is 16.3. The predicted octanol–water partition coefficient (Wildman–Crippen LogP) is 0.784. The molecule has 0 amide bonds. The average Bonchev–Trinajstić information content (AvgIpc) is 2.99. The van der Waals surface area contributed by atoms with E-state index in [2.05, 4.69) is 4.98 Å². The van der Waals surface area contributed by atoms with Gasteiger partial charge in [-0.25, -0.2) is 4.98 Å². The summed E-state index contributed by atoms with van der Waals surface area (Å²) in [7, 11) is -1.40. The zero-order valence-electron chi connectivity index (χ0n) is 13.7. The summed E-state index contributed by atoms with van der Waals surface area (Å²) in [6, 6.07) is 0.0771. The van der Waals surface area contributed by atoms with Gasteiger partial charge in [0.25, 0.3) is 10.2 Å². The van der Waals surface area contributed by atoms with Gasteiger partial charge in [-0.3, -0.25) is 0 Å². The molecular weight excluding hydrogens is 316 g/mol. The Morgan fingerprint density at radius 3 is 2.74 bits per heavy atom. The Balaban J connectivity index is 1.69. The van der Waals surface area contributed by atoms with Gasteiger partial charge < -0.3 is 9.30 Å². The van der Waals surface area contributed by atoms with Gasteiger partial charge in [-0.2, -0.15) is 17.0 Å². The van der Waals surface area contributed by atoms with Gasteiger partial charge in [-0.1, -0.05) is 6.42 Å². The molecule has 23 heavy (non-hydrogen) atoms. The number of morpholine rings is 1. The van der Waals surface area contributed by atoms with Gasteiger partial charge in [0.2, 0.25) is 0 Å². The molecule has 130 valence electrons. The van der Waals surface area contributed by atoms with Gasteiger partial charge >= 0.3 is 0 Å². The second kappa shape index (κ2) is 7.29. The van der Waals surface area contributed by atoms with E-state index >= 15 is 0 Å². The van der Waals surface area contributed by atoms with Crippen molar-refractivity contribution in [3.8, 4) is 0 Å². The maximum atomic E-state index is 13.0. The molecule has 1 aromatic heterocycles. The number of aromatic nitrogens is 2. The maximum absolute atomic E-state index is 13.0. The molecule has 0 N–H and O–H groups in total. The summed E-state index contributed by atoms with van der Waals surface area (Å²) in [6.07, 6.45) is 8.34. The molecular formula is C15H26N4O3S. The van der Waals surface area contributed by atoms with Crippen molar-refractivity contribution in [1.29, 1.82) is 0 Å². The molecule has 3 heterocycles. The van der Waals surface area contributed by atoms with Crippen LogP contribution in [0.5, 0.6) is 0 Å². The van der Waals surface area contributed by atoms with Gasteiger partial charge in [0.1, 0.15) is 5.82 Å². The molecule has 0 saturated carbocycles. The van der Waals surface area contributed by atoms with Crippen molar-refractivity contribution in [3.63, 3.8) is 0 Å². The first-order valence-corrected chi connectivity index (χ1v) is 9.79. The van der Waals surface area contributed by atoms with Gasteiger partial charge in [0.15, 0.2) is 0 Å². The number of imidazole rings is 1. The van der Waals surface area contributed by atoms with Crippen LogP contribution in [-0.2, 0) is 28.4 Å². The molecule has 2 aliphatic heterocycles. The van der Waals surface area contributed by atoms with Crippen LogP contribution in [0, 0.1) is 0 Å². The van der Waals surface area contributed by atoms with E-state index in [1.165, 1.54) is 0 Å². The van der Waals surface area contributed by atoms with Crippen LogP contribution in [0.2, 0.25) is 0 Å². The number of nitrogens with zero attached hydrogens (tertiary/aromatic N) is 4. The second-order valence-electron chi connectivity index (χ2n) is 6.27. The van der Waals surface area contributed by atoms with E-state index in [1.54, 1.807) is 14.8 Å². The van der Waals surface area contributed by atoms with Crippen molar-refractivity contribution in [3.05, 3.63) is 18.2 Å². The highest BCUT2D eigenvalue weighted by Crippen LogP contribution is 2.26. The molecule has 1 atom stereocenters. The monoisotopic (exact) mass is 342 g/mol. The van der Waals surface area contributed by atoms with Gasteiger partial charge in [-0.15, -0.1) is 0 Å². The lowest BCUT2D eigenvalue weighted by Crippen LogP contribution is -2.53. The van der Waals surface area contributed by atoms with E-state index in [0.717, 1.165) is 37.9 Å². The summed E-state index contributed by atoms with van der Waals surface area (Å²) in [5.41, 5.74) is 0. The summed E-state index contributed by atoms with van der Waals surface area (Å²) in [4.78, 5) is 4.35. The Labute approximate surface area is 138 Å². The van der Waals surface area contributed by atoms with Crippen LogP contribution < -0.4 is 0 Å². The van der Waals surface area contributed by atoms with E-state index < -0.39 is 10.2 Å². The molecule has 8 heteroatoms. The highest BCUT2D eigenvalue weighted by Gasteiger charge is 2.36. The lowest BCUT2D eigenvalue weighted by molar-refractivity contribution is 0.0680. The first-order valence-electron chi connectivity index (χ1n) is 8.40. The molecule has 2 aliphatic rings. The lowest BCUT2D eigenvalue weighted by atomic mass is 10.0. The molecule has 7 nitrogen and oxygen atoms in total. The van der Waals surface area contributed by atoms with Crippen molar-refractivity contribution in [1.82, 2.24) is 18.2 Å². The topological polar surface area (TPSA) is 67.7 Å². The van der Waals surface area contributed by atoms with Gasteiger partial charge in [0.05, 0.1) is 13.2 Å². The van der Waals surface area contributed by atoms with E-state index in [0.29, 0.717) is 32.8 Å². The molecule has 3 rings (SSSR count). The third kappa shape index (κ3) is 3.76. The fourth-order valence-corrected chi connectivity index (χ4v) is 5.28. The fourth-order valence-electron chi connectivity index (χ4n) is 3.42. The lowest BCUT2D eigenvalue weighted by Gasteiger charge is -2.39. The molecule has 0 unspecified atom stereocenters. The highest BCUT2D eigenvalue weighted by atomic mass is 32.2. The Hall–Kier alpha value is -0.960. The molecule has 0 radical (unpaired) electrons. The minimum atomic E-state index is -3.38. The summed E-state index contributed by atoms with van der Waals surface area (Å²) in [5, 5.41) is 0. The van der Waals surface area contributed by atoms with Gasteiger partial charge in [0, 0.05) is 51.5 Å². The molecule has 2 fully saturated rings. The number of ether oxygens (including phenoxy) is 1. The number of hydrogen-bond donors (Lipinski definition) is 0. The number of hydrogen-bond acceptors (Lipinski definition) is 4. The van der Waals surface area contributed by atoms with E-state index in [9.17, 15) is 8.42 Å². The summed E-state index contributed by atoms with van der Waals surface area (Å²) < 4.78 is 36.5. The van der Waals surface area contributed by atoms with Crippen molar-refractivity contribution in [2.75, 3.05) is 32.8 Å². The van der Waals surface area contributed by atoms with Crippen LogP contribution >= 0.6 is 0 Å². The molecule has 0 aliphatic carbocycles. The minimum Gasteiger partial charge on any atom is -0.379 e. The Kier molecular flexibility index (Phi) is 5.35. The molecule has 2 saturated heterocycles. The van der Waals surface area contributed by atoms with E-state index in [-0.39, 0.29) is 6.04 Å². The zero-order valence-corrected chi connectivity index (χ0v) is 14.5. The normalized spacial score (nSPS) is 24.8. The van der Waals surface area contributed by atoms with Gasteiger partial charge in [-0.05, 0) is 19.3 Å². The fraction of sp³-hybridized carbons (Fsp3) is 0.800. The largest absolute Gasteiger partial charge is 0.379 e. The third-order valence-electron chi connectivity index (χ3n) is 4.79. The van der Waals surface area contributed by atoms with Crippen LogP contribution in [0.25, 0.3) is 0 Å². The minimum absolute atomic E-state index is 0.0771. The summed E-state index contributed by atoms with van der Waals surface area (Å²) in [6.45, 7) is 2.54. The van der Waals surface area contributed by atoms with Crippen LogP contribution in [0.4, 0.5) is 0 Å². The first kappa shape index (κ1) is 16.9. The Morgan fingerprint density at radius 1 is 1.26 bits per heavy atom. The maximum Gasteiger partial charge on any atom is 0.282 e. The SMILES string of the molecule is Cn1ccnc1CC[C@H]1CCCCN1S(=O)(=O)N1CCOCC1. The second-order valence-corrected chi connectivity index (χ2v) is 8.15. The van der Waals surface area contributed by atoms with Crippen LogP contribution in [0.15, 0.2) is 12.4 Å². The number of aryl methyl sites for hydroxylation is 2. The Morgan fingerprint density at radius 2 is 2.04 bits per heavy atom. The summed E-state index contributed by atoms with van der Waals surface area (Å²) in [5.74, 6) is 1.01. The standard InChI is InChI=1S/C15H26N4O3S/c1-17-9-7-16-15(17)6-5-14-4-2-3-8-19(14)23(20,21)18-10-12-22-13-11-18/h7,9,14H,2-6,8,10-13H2,1H3/t14-/m1/s1. The molecule has 1 aromatic rings. The number of piperidine rings is 1. The quantitative estimate of drug-likeness (QED) is 0.793. The molecule has 0 aromatic carbocycles. The van der Waals surface area contributed by atoms with Crippen molar-refractivity contribution in [2.45, 2.75) is 38.1 Å². The van der Waals surface area contributed by atoms with Crippen LogP contribution in [-0.4, -0.2) is 65.5 Å². The summed E-state index contributed by atoms with van der Waals surface area (Å²) >= 11 is 0. The average molecular weight is 342 g/mol. The van der Waals surface area contributed by atoms with Crippen LogP contribution in [0.1, 0.15) is 31.5 Å².